The zero-order valence-electron chi connectivity index (χ0n) is 12.1. The van der Waals surface area contributed by atoms with Crippen LogP contribution in [0.25, 0.3) is 11.5 Å². The van der Waals surface area contributed by atoms with Gasteiger partial charge in [0, 0.05) is 24.6 Å². The van der Waals surface area contributed by atoms with E-state index in [-0.39, 0.29) is 5.91 Å². The Bertz CT molecular complexity index is 764. The van der Waals surface area contributed by atoms with Crippen LogP contribution in [0.2, 0.25) is 0 Å². The van der Waals surface area contributed by atoms with Gasteiger partial charge in [-0.1, -0.05) is 30.3 Å². The summed E-state index contributed by atoms with van der Waals surface area (Å²) in [6, 6.07) is 16.9. The standard InChI is InChI=1S/C17H15N3O2/c1-12-19-20-17(22-12)15-9-7-14(8-10-15)16(21)18-11-13-5-3-2-4-6-13/h2-10H,11H2,1H3,(H,18,21). The van der Waals surface area contributed by atoms with Crippen molar-refractivity contribution in [2.24, 2.45) is 0 Å². The van der Waals surface area contributed by atoms with Gasteiger partial charge in [-0.25, -0.2) is 0 Å². The summed E-state index contributed by atoms with van der Waals surface area (Å²) in [6.07, 6.45) is 0. The third kappa shape index (κ3) is 3.20. The second-order valence-electron chi connectivity index (χ2n) is 4.87. The van der Waals surface area contributed by atoms with E-state index in [4.69, 9.17) is 4.42 Å². The van der Waals surface area contributed by atoms with Gasteiger partial charge in [0.25, 0.3) is 5.91 Å². The summed E-state index contributed by atoms with van der Waals surface area (Å²) in [6.45, 7) is 2.24. The fourth-order valence-corrected chi connectivity index (χ4v) is 2.06. The molecule has 0 spiro atoms. The van der Waals surface area contributed by atoms with Crippen molar-refractivity contribution in [1.82, 2.24) is 15.5 Å². The van der Waals surface area contributed by atoms with Crippen LogP contribution < -0.4 is 5.32 Å². The molecule has 0 atom stereocenters. The van der Waals surface area contributed by atoms with E-state index < -0.39 is 0 Å². The number of carbonyl (C=O) groups is 1. The molecule has 1 heterocycles. The molecule has 0 fully saturated rings. The second kappa shape index (κ2) is 6.22. The molecule has 5 nitrogen and oxygen atoms in total. The number of nitrogens with zero attached hydrogens (tertiary/aromatic N) is 2. The summed E-state index contributed by atoms with van der Waals surface area (Å²) >= 11 is 0. The summed E-state index contributed by atoms with van der Waals surface area (Å²) in [5.41, 5.74) is 2.45. The number of hydrogen-bond donors (Lipinski definition) is 1. The highest BCUT2D eigenvalue weighted by Crippen LogP contribution is 2.18. The highest BCUT2D eigenvalue weighted by atomic mass is 16.4. The zero-order valence-corrected chi connectivity index (χ0v) is 12.1. The third-order valence-corrected chi connectivity index (χ3v) is 3.22. The first-order valence-electron chi connectivity index (χ1n) is 6.95. The minimum atomic E-state index is -0.114. The Hall–Kier alpha value is -2.95. The van der Waals surface area contributed by atoms with E-state index in [9.17, 15) is 4.79 Å². The Labute approximate surface area is 128 Å². The summed E-state index contributed by atoms with van der Waals surface area (Å²) in [5, 5.41) is 10.6. The number of nitrogens with one attached hydrogen (secondary N) is 1. The lowest BCUT2D eigenvalue weighted by molar-refractivity contribution is 0.0951. The normalized spacial score (nSPS) is 10.4. The topological polar surface area (TPSA) is 68.0 Å². The van der Waals surface area contributed by atoms with Gasteiger partial charge in [-0.2, -0.15) is 0 Å². The van der Waals surface area contributed by atoms with Crippen molar-refractivity contribution >= 4 is 5.91 Å². The molecule has 5 heteroatoms. The molecule has 0 aliphatic heterocycles. The first kappa shape index (κ1) is 14.0. The molecule has 3 aromatic rings. The van der Waals surface area contributed by atoms with Gasteiger partial charge < -0.3 is 9.73 Å². The van der Waals surface area contributed by atoms with Crippen LogP contribution in [0.4, 0.5) is 0 Å². The number of hydrogen-bond acceptors (Lipinski definition) is 4. The van der Waals surface area contributed by atoms with E-state index in [1.807, 2.05) is 30.3 Å². The van der Waals surface area contributed by atoms with Crippen LogP contribution in [0, 0.1) is 6.92 Å². The van der Waals surface area contributed by atoms with Gasteiger partial charge in [0.2, 0.25) is 11.8 Å². The van der Waals surface area contributed by atoms with Gasteiger partial charge in [-0.15, -0.1) is 10.2 Å². The molecule has 0 bridgehead atoms. The molecule has 0 unspecified atom stereocenters. The maximum absolute atomic E-state index is 12.1. The Morgan fingerprint density at radius 3 is 2.41 bits per heavy atom. The zero-order chi connectivity index (χ0) is 15.4. The van der Waals surface area contributed by atoms with Crippen molar-refractivity contribution in [3.63, 3.8) is 0 Å². The first-order valence-corrected chi connectivity index (χ1v) is 6.95. The number of carbonyl (C=O) groups excluding carboxylic acids is 1. The fraction of sp³-hybridized carbons (Fsp3) is 0.118. The molecular weight excluding hydrogens is 278 g/mol. The smallest absolute Gasteiger partial charge is 0.251 e. The van der Waals surface area contributed by atoms with Crippen LogP contribution in [-0.2, 0) is 6.54 Å². The van der Waals surface area contributed by atoms with Crippen molar-refractivity contribution < 1.29 is 9.21 Å². The Kier molecular flexibility index (Phi) is 3.96. The molecular formula is C17H15N3O2. The minimum absolute atomic E-state index is 0.114. The van der Waals surface area contributed by atoms with Gasteiger partial charge in [0.15, 0.2) is 0 Å². The van der Waals surface area contributed by atoms with Gasteiger partial charge in [0.05, 0.1) is 0 Å². The Balaban J connectivity index is 1.66. The first-order chi connectivity index (χ1) is 10.7. The lowest BCUT2D eigenvalue weighted by Gasteiger charge is -2.05. The quantitative estimate of drug-likeness (QED) is 0.803. The minimum Gasteiger partial charge on any atom is -0.421 e. The van der Waals surface area contributed by atoms with Crippen LogP contribution >= 0.6 is 0 Å². The van der Waals surface area contributed by atoms with Crippen LogP contribution in [0.15, 0.2) is 59.0 Å². The lowest BCUT2D eigenvalue weighted by atomic mass is 10.1. The SMILES string of the molecule is Cc1nnc(-c2ccc(C(=O)NCc3ccccc3)cc2)o1. The van der Waals surface area contributed by atoms with Crippen LogP contribution in [0.3, 0.4) is 0 Å². The van der Waals surface area contributed by atoms with Gasteiger partial charge in [-0.05, 0) is 29.8 Å². The van der Waals surface area contributed by atoms with Crippen LogP contribution in [-0.4, -0.2) is 16.1 Å². The van der Waals surface area contributed by atoms with E-state index in [0.29, 0.717) is 23.9 Å². The summed E-state index contributed by atoms with van der Waals surface area (Å²) in [4.78, 5) is 12.1. The van der Waals surface area contributed by atoms with Crippen LogP contribution in [0.1, 0.15) is 21.8 Å². The molecule has 2 aromatic carbocycles. The third-order valence-electron chi connectivity index (χ3n) is 3.22. The van der Waals surface area contributed by atoms with E-state index in [0.717, 1.165) is 11.1 Å². The Morgan fingerprint density at radius 1 is 1.05 bits per heavy atom. The summed E-state index contributed by atoms with van der Waals surface area (Å²) in [5.74, 6) is 0.852. The maximum atomic E-state index is 12.1. The van der Waals surface area contributed by atoms with Crippen molar-refractivity contribution in [3.8, 4) is 11.5 Å². The molecule has 0 aliphatic rings. The summed E-state index contributed by atoms with van der Waals surface area (Å²) < 4.78 is 5.35. The van der Waals surface area contributed by atoms with Crippen molar-refractivity contribution in [3.05, 3.63) is 71.6 Å². The monoisotopic (exact) mass is 293 g/mol. The maximum Gasteiger partial charge on any atom is 0.251 e. The number of aromatic nitrogens is 2. The predicted molar refractivity (Wildman–Crippen MR) is 82.1 cm³/mol. The number of benzene rings is 2. The molecule has 0 saturated carbocycles. The van der Waals surface area contributed by atoms with E-state index in [2.05, 4.69) is 15.5 Å². The largest absolute Gasteiger partial charge is 0.421 e. The number of rotatable bonds is 4. The van der Waals surface area contributed by atoms with E-state index in [1.54, 1.807) is 31.2 Å². The fourth-order valence-electron chi connectivity index (χ4n) is 2.06. The average Bonchev–Trinajstić information content (AvgIpc) is 3.00. The van der Waals surface area contributed by atoms with E-state index >= 15 is 0 Å². The molecule has 1 aromatic heterocycles. The van der Waals surface area contributed by atoms with E-state index in [1.165, 1.54) is 0 Å². The number of aryl methyl sites for hydroxylation is 1. The molecule has 1 amide bonds. The lowest BCUT2D eigenvalue weighted by Crippen LogP contribution is -2.22. The Morgan fingerprint density at radius 2 is 1.77 bits per heavy atom. The average molecular weight is 293 g/mol. The predicted octanol–water partition coefficient (Wildman–Crippen LogP) is 2.98. The van der Waals surface area contributed by atoms with Gasteiger partial charge in [0.1, 0.15) is 0 Å². The van der Waals surface area contributed by atoms with Crippen molar-refractivity contribution in [1.29, 1.82) is 0 Å². The van der Waals surface area contributed by atoms with Crippen molar-refractivity contribution in [2.45, 2.75) is 13.5 Å². The summed E-state index contributed by atoms with van der Waals surface area (Å²) in [7, 11) is 0. The van der Waals surface area contributed by atoms with Gasteiger partial charge >= 0.3 is 0 Å². The molecule has 0 radical (unpaired) electrons. The molecule has 110 valence electrons. The highest BCUT2D eigenvalue weighted by molar-refractivity contribution is 5.94. The molecule has 0 saturated heterocycles. The number of amides is 1. The second-order valence-corrected chi connectivity index (χ2v) is 4.87. The molecule has 1 N–H and O–H groups in total. The molecule has 0 aliphatic carbocycles. The highest BCUT2D eigenvalue weighted by Gasteiger charge is 2.08. The molecule has 22 heavy (non-hydrogen) atoms. The van der Waals surface area contributed by atoms with Crippen molar-refractivity contribution in [2.75, 3.05) is 0 Å². The van der Waals surface area contributed by atoms with Gasteiger partial charge in [-0.3, -0.25) is 4.79 Å². The molecule has 3 rings (SSSR count). The van der Waals surface area contributed by atoms with Crippen LogP contribution in [0.5, 0.6) is 0 Å².